The van der Waals surface area contributed by atoms with Gasteiger partial charge in [0.25, 0.3) is 5.91 Å². The number of amides is 1. The molecule has 5 nitrogen and oxygen atoms in total. The molecule has 0 bridgehead atoms. The number of hydrogen-bond acceptors (Lipinski definition) is 4. The maximum absolute atomic E-state index is 12.1. The highest BCUT2D eigenvalue weighted by Crippen LogP contribution is 2.23. The van der Waals surface area contributed by atoms with Crippen molar-refractivity contribution in [2.45, 2.75) is 19.9 Å². The van der Waals surface area contributed by atoms with Gasteiger partial charge in [-0.15, -0.1) is 0 Å². The van der Waals surface area contributed by atoms with E-state index in [1.807, 2.05) is 49.4 Å². The number of nitrogens with one attached hydrogen (secondary N) is 1. The fourth-order valence-corrected chi connectivity index (χ4v) is 2.79. The molecule has 0 unspecified atom stereocenters. The Labute approximate surface area is 145 Å². The standard InChI is InChI=1S/C20H19NO4/c1-13(16-9-5-7-15-6-3-4-8-18(15)16)21-19(22)12-25-20(23)17-10-11-24-14(17)2/h3-11,13H,12H2,1-2H3,(H,21,22)/t13-/m1/s1. The third-order valence-corrected chi connectivity index (χ3v) is 4.08. The molecule has 2 aromatic carbocycles. The van der Waals surface area contributed by atoms with Crippen molar-refractivity contribution in [3.8, 4) is 0 Å². The zero-order chi connectivity index (χ0) is 17.8. The number of esters is 1. The Kier molecular flexibility index (Phi) is 4.84. The van der Waals surface area contributed by atoms with Crippen molar-refractivity contribution >= 4 is 22.6 Å². The highest BCUT2D eigenvalue weighted by molar-refractivity contribution is 5.92. The number of fused-ring (bicyclic) bond motifs is 1. The van der Waals surface area contributed by atoms with E-state index < -0.39 is 5.97 Å². The van der Waals surface area contributed by atoms with Crippen LogP contribution in [0.3, 0.4) is 0 Å². The van der Waals surface area contributed by atoms with Gasteiger partial charge in [-0.2, -0.15) is 0 Å². The third-order valence-electron chi connectivity index (χ3n) is 4.08. The summed E-state index contributed by atoms with van der Waals surface area (Å²) in [6, 6.07) is 15.3. The molecule has 5 heteroatoms. The summed E-state index contributed by atoms with van der Waals surface area (Å²) >= 11 is 0. The van der Waals surface area contributed by atoms with E-state index in [0.29, 0.717) is 11.3 Å². The monoisotopic (exact) mass is 337 g/mol. The van der Waals surface area contributed by atoms with Crippen LogP contribution in [0, 0.1) is 6.92 Å². The number of carbonyl (C=O) groups excluding carboxylic acids is 2. The minimum absolute atomic E-state index is 0.201. The fourth-order valence-electron chi connectivity index (χ4n) is 2.79. The lowest BCUT2D eigenvalue weighted by Crippen LogP contribution is -2.31. The molecule has 0 saturated heterocycles. The van der Waals surface area contributed by atoms with Crippen LogP contribution in [-0.2, 0) is 9.53 Å². The van der Waals surface area contributed by atoms with Crippen LogP contribution in [0.25, 0.3) is 10.8 Å². The van der Waals surface area contributed by atoms with Crippen LogP contribution < -0.4 is 5.32 Å². The third kappa shape index (κ3) is 3.71. The summed E-state index contributed by atoms with van der Waals surface area (Å²) in [5.74, 6) is -0.455. The summed E-state index contributed by atoms with van der Waals surface area (Å²) in [5.41, 5.74) is 1.35. The van der Waals surface area contributed by atoms with Crippen LogP contribution in [0.5, 0.6) is 0 Å². The molecule has 128 valence electrons. The van der Waals surface area contributed by atoms with E-state index >= 15 is 0 Å². The van der Waals surface area contributed by atoms with E-state index in [1.54, 1.807) is 6.92 Å². The molecule has 0 fully saturated rings. The molecule has 3 aromatic rings. The Morgan fingerprint density at radius 2 is 1.88 bits per heavy atom. The van der Waals surface area contributed by atoms with Gasteiger partial charge in [-0.25, -0.2) is 4.79 Å². The average Bonchev–Trinajstić information content (AvgIpc) is 3.05. The molecule has 0 radical (unpaired) electrons. The first-order valence-corrected chi connectivity index (χ1v) is 8.04. The van der Waals surface area contributed by atoms with Crippen LogP contribution >= 0.6 is 0 Å². The van der Waals surface area contributed by atoms with Crippen molar-refractivity contribution in [2.24, 2.45) is 0 Å². The van der Waals surface area contributed by atoms with Gasteiger partial charge in [0.1, 0.15) is 11.3 Å². The Bertz CT molecular complexity index is 907. The second-order valence-corrected chi connectivity index (χ2v) is 5.82. The summed E-state index contributed by atoms with van der Waals surface area (Å²) in [7, 11) is 0. The lowest BCUT2D eigenvalue weighted by Gasteiger charge is -2.16. The topological polar surface area (TPSA) is 68.5 Å². The minimum atomic E-state index is -0.570. The second-order valence-electron chi connectivity index (χ2n) is 5.82. The fraction of sp³-hybridized carbons (Fsp3) is 0.200. The smallest absolute Gasteiger partial charge is 0.342 e. The summed E-state index contributed by atoms with van der Waals surface area (Å²) in [4.78, 5) is 24.0. The van der Waals surface area contributed by atoms with Gasteiger partial charge in [-0.05, 0) is 36.2 Å². The molecule has 0 saturated carbocycles. The number of ether oxygens (including phenoxy) is 1. The molecule has 25 heavy (non-hydrogen) atoms. The molecule has 3 rings (SSSR count). The van der Waals surface area contributed by atoms with Crippen LogP contribution in [0.15, 0.2) is 59.2 Å². The highest BCUT2D eigenvalue weighted by atomic mass is 16.5. The number of rotatable bonds is 5. The Balaban J connectivity index is 1.62. The zero-order valence-electron chi connectivity index (χ0n) is 14.1. The number of carbonyl (C=O) groups is 2. The minimum Gasteiger partial charge on any atom is -0.469 e. The SMILES string of the molecule is Cc1occc1C(=O)OCC(=O)N[C@H](C)c1cccc2ccccc12. The van der Waals surface area contributed by atoms with E-state index in [9.17, 15) is 9.59 Å². The van der Waals surface area contributed by atoms with Crippen molar-refractivity contribution in [1.29, 1.82) is 0 Å². The van der Waals surface area contributed by atoms with Crippen molar-refractivity contribution in [2.75, 3.05) is 6.61 Å². The molecule has 1 atom stereocenters. The van der Waals surface area contributed by atoms with E-state index in [1.165, 1.54) is 12.3 Å². The van der Waals surface area contributed by atoms with E-state index in [-0.39, 0.29) is 18.6 Å². The summed E-state index contributed by atoms with van der Waals surface area (Å²) in [6.45, 7) is 3.24. The molecule has 0 aliphatic rings. The van der Waals surface area contributed by atoms with Gasteiger partial charge in [-0.3, -0.25) is 4.79 Å². The van der Waals surface area contributed by atoms with E-state index in [4.69, 9.17) is 9.15 Å². The summed E-state index contributed by atoms with van der Waals surface area (Å²) in [5, 5.41) is 5.06. The van der Waals surface area contributed by atoms with E-state index in [0.717, 1.165) is 16.3 Å². The van der Waals surface area contributed by atoms with Crippen LogP contribution in [-0.4, -0.2) is 18.5 Å². The predicted octanol–water partition coefficient (Wildman–Crippen LogP) is 3.78. The first-order valence-electron chi connectivity index (χ1n) is 8.04. The van der Waals surface area contributed by atoms with Gasteiger partial charge in [-0.1, -0.05) is 42.5 Å². The van der Waals surface area contributed by atoms with Gasteiger partial charge in [0.05, 0.1) is 12.3 Å². The number of furan rings is 1. The van der Waals surface area contributed by atoms with Crippen LogP contribution in [0.2, 0.25) is 0 Å². The largest absolute Gasteiger partial charge is 0.469 e. The normalized spacial score (nSPS) is 11.9. The number of aryl methyl sites for hydroxylation is 1. The van der Waals surface area contributed by atoms with Gasteiger partial charge in [0.15, 0.2) is 6.61 Å². The van der Waals surface area contributed by atoms with Crippen LogP contribution in [0.4, 0.5) is 0 Å². The molecule has 1 heterocycles. The number of hydrogen-bond donors (Lipinski definition) is 1. The molecule has 0 aliphatic carbocycles. The predicted molar refractivity (Wildman–Crippen MR) is 94.2 cm³/mol. The van der Waals surface area contributed by atoms with Gasteiger partial charge in [0.2, 0.25) is 0 Å². The summed E-state index contributed by atoms with van der Waals surface area (Å²) < 4.78 is 10.1. The van der Waals surface area contributed by atoms with Gasteiger partial charge in [0, 0.05) is 0 Å². The summed E-state index contributed by atoms with van der Waals surface area (Å²) in [6.07, 6.45) is 1.41. The molecule has 1 aromatic heterocycles. The Morgan fingerprint density at radius 1 is 1.12 bits per heavy atom. The van der Waals surface area contributed by atoms with E-state index in [2.05, 4.69) is 5.32 Å². The Hall–Kier alpha value is -3.08. The molecular formula is C20H19NO4. The molecule has 0 aliphatic heterocycles. The Morgan fingerprint density at radius 3 is 2.64 bits per heavy atom. The van der Waals surface area contributed by atoms with Gasteiger partial charge < -0.3 is 14.5 Å². The van der Waals surface area contributed by atoms with Gasteiger partial charge >= 0.3 is 5.97 Å². The van der Waals surface area contributed by atoms with Crippen molar-refractivity contribution < 1.29 is 18.7 Å². The van der Waals surface area contributed by atoms with Crippen LogP contribution in [0.1, 0.15) is 34.6 Å². The lowest BCUT2D eigenvalue weighted by molar-refractivity contribution is -0.124. The molecular weight excluding hydrogens is 318 g/mol. The first-order chi connectivity index (χ1) is 12.1. The molecule has 1 amide bonds. The van der Waals surface area contributed by atoms with Crippen molar-refractivity contribution in [3.05, 3.63) is 71.7 Å². The second kappa shape index (κ2) is 7.21. The lowest BCUT2D eigenvalue weighted by atomic mass is 10.00. The molecule has 1 N–H and O–H groups in total. The average molecular weight is 337 g/mol. The maximum atomic E-state index is 12.1. The molecule has 0 spiro atoms. The first kappa shape index (κ1) is 16.8. The van der Waals surface area contributed by atoms with Crippen molar-refractivity contribution in [1.82, 2.24) is 5.32 Å². The zero-order valence-corrected chi connectivity index (χ0v) is 14.1. The highest BCUT2D eigenvalue weighted by Gasteiger charge is 2.16. The van der Waals surface area contributed by atoms with Crippen molar-refractivity contribution in [3.63, 3.8) is 0 Å². The quantitative estimate of drug-likeness (QED) is 0.720. The number of benzene rings is 2. The maximum Gasteiger partial charge on any atom is 0.342 e.